The number of anilines is 1. The minimum atomic E-state index is -0.270. The van der Waals surface area contributed by atoms with E-state index in [0.29, 0.717) is 0 Å². The van der Waals surface area contributed by atoms with Gasteiger partial charge >= 0.3 is 0 Å². The molecule has 3 aliphatic rings. The van der Waals surface area contributed by atoms with Crippen LogP contribution in [-0.4, -0.2) is 11.4 Å². The second kappa shape index (κ2) is 6.45. The predicted molar refractivity (Wildman–Crippen MR) is 110 cm³/mol. The summed E-state index contributed by atoms with van der Waals surface area (Å²) in [7, 11) is 0. The number of halogens is 1. The van der Waals surface area contributed by atoms with E-state index < -0.39 is 0 Å². The minimum Gasteiger partial charge on any atom is -0.371 e. The van der Waals surface area contributed by atoms with Crippen molar-refractivity contribution in [1.29, 1.82) is 0 Å². The molecule has 0 aromatic heterocycles. The lowest BCUT2D eigenvalue weighted by atomic mass is 9.79. The van der Waals surface area contributed by atoms with E-state index in [4.69, 9.17) is 26.8 Å². The van der Waals surface area contributed by atoms with Gasteiger partial charge in [0.2, 0.25) is 0 Å². The second-order valence-corrected chi connectivity index (χ2v) is 8.34. The first-order chi connectivity index (χ1) is 13.2. The highest BCUT2D eigenvalue weighted by molar-refractivity contribution is 6.31. The van der Waals surface area contributed by atoms with Crippen LogP contribution in [0.4, 0.5) is 11.4 Å². The van der Waals surface area contributed by atoms with Crippen LogP contribution in [0, 0.1) is 0 Å². The first kappa shape index (κ1) is 16.9. The quantitative estimate of drug-likeness (QED) is 0.585. The van der Waals surface area contributed by atoms with Crippen LogP contribution in [0.5, 0.6) is 0 Å². The molecule has 5 heteroatoms. The number of benzene rings is 2. The Labute approximate surface area is 164 Å². The van der Waals surface area contributed by atoms with Gasteiger partial charge in [0.05, 0.1) is 16.9 Å². The Bertz CT molecular complexity index is 923. The molecule has 5 rings (SSSR count). The number of hydrogen-bond donors (Lipinski definition) is 1. The number of para-hydroxylation sites is 2. The van der Waals surface area contributed by atoms with Gasteiger partial charge < -0.3 is 5.32 Å². The van der Waals surface area contributed by atoms with Gasteiger partial charge in [0.25, 0.3) is 0 Å². The number of hydrogen-bond acceptors (Lipinski definition) is 4. The van der Waals surface area contributed by atoms with Crippen LogP contribution in [0.3, 0.4) is 0 Å². The minimum absolute atomic E-state index is 0.188. The molecule has 0 bridgehead atoms. The van der Waals surface area contributed by atoms with Crippen molar-refractivity contribution in [1.82, 2.24) is 0 Å². The molecule has 138 valence electrons. The summed E-state index contributed by atoms with van der Waals surface area (Å²) in [5.74, 6) is 0.833. The van der Waals surface area contributed by atoms with Crippen molar-refractivity contribution in [2.24, 2.45) is 15.2 Å². The molecule has 2 aliphatic carbocycles. The van der Waals surface area contributed by atoms with Gasteiger partial charge in [-0.1, -0.05) is 61.2 Å². The molecule has 0 unspecified atom stereocenters. The molecule has 1 heterocycles. The third kappa shape index (κ3) is 2.96. The molecule has 0 saturated heterocycles. The Hall–Kier alpha value is -2.20. The topological polar surface area (TPSA) is 49.1 Å². The number of azo groups is 1. The first-order valence-electron chi connectivity index (χ1n) is 9.85. The Morgan fingerprint density at radius 3 is 2.41 bits per heavy atom. The summed E-state index contributed by atoms with van der Waals surface area (Å²) in [5.41, 5.74) is 2.68. The van der Waals surface area contributed by atoms with Gasteiger partial charge in [-0.25, -0.2) is 4.99 Å². The zero-order valence-corrected chi connectivity index (χ0v) is 16.0. The molecule has 1 spiro atoms. The molecule has 2 fully saturated rings. The largest absolute Gasteiger partial charge is 0.371 e. The van der Waals surface area contributed by atoms with Crippen LogP contribution in [0.1, 0.15) is 50.5 Å². The average molecular weight is 379 g/mol. The molecular formula is C22H23ClN4. The lowest BCUT2D eigenvalue weighted by Crippen LogP contribution is -2.48. The van der Waals surface area contributed by atoms with Gasteiger partial charge in [0.15, 0.2) is 5.84 Å². The van der Waals surface area contributed by atoms with Gasteiger partial charge in [0.1, 0.15) is 5.54 Å². The third-order valence-corrected chi connectivity index (χ3v) is 6.40. The highest BCUT2D eigenvalue weighted by Gasteiger charge is 2.47. The molecule has 27 heavy (non-hydrogen) atoms. The molecular weight excluding hydrogens is 356 g/mol. The number of fused-ring (bicyclic) bond motifs is 1. The van der Waals surface area contributed by atoms with Crippen molar-refractivity contribution >= 4 is 28.8 Å². The summed E-state index contributed by atoms with van der Waals surface area (Å²) in [6.07, 6.45) is 7.75. The van der Waals surface area contributed by atoms with E-state index in [9.17, 15) is 0 Å². The van der Waals surface area contributed by atoms with Crippen molar-refractivity contribution in [3.63, 3.8) is 0 Å². The van der Waals surface area contributed by atoms with E-state index in [0.717, 1.165) is 53.5 Å². The summed E-state index contributed by atoms with van der Waals surface area (Å²) in [6, 6.07) is 16.2. The van der Waals surface area contributed by atoms with E-state index in [-0.39, 0.29) is 11.1 Å². The highest BCUT2D eigenvalue weighted by Crippen LogP contribution is 2.52. The van der Waals surface area contributed by atoms with Crippen LogP contribution in [-0.2, 0) is 5.54 Å². The lowest BCUT2D eigenvalue weighted by Gasteiger charge is -2.40. The van der Waals surface area contributed by atoms with Crippen LogP contribution in [0.25, 0.3) is 0 Å². The Morgan fingerprint density at radius 1 is 0.889 bits per heavy atom. The number of aliphatic imine (C=N–C) groups is 1. The standard InChI is InChI=1S/C22H23ClN4/c23-17-9-3-2-8-16(17)21(14-15-21)27-26-20-22(12-6-1-7-13-22)25-19-11-5-4-10-18(19)24-20/h2-5,8-11,25H,1,6-7,12-15H2. The highest BCUT2D eigenvalue weighted by atomic mass is 35.5. The summed E-state index contributed by atoms with van der Waals surface area (Å²) in [6.45, 7) is 0. The number of nitrogens with zero attached hydrogens (tertiary/aromatic N) is 3. The van der Waals surface area contributed by atoms with Crippen molar-refractivity contribution in [2.75, 3.05) is 5.32 Å². The Kier molecular flexibility index (Phi) is 4.05. The Morgan fingerprint density at radius 2 is 1.63 bits per heavy atom. The van der Waals surface area contributed by atoms with E-state index >= 15 is 0 Å². The van der Waals surface area contributed by atoms with Crippen LogP contribution >= 0.6 is 11.6 Å². The van der Waals surface area contributed by atoms with Gasteiger partial charge in [-0.2, -0.15) is 5.11 Å². The van der Waals surface area contributed by atoms with E-state index in [1.165, 1.54) is 19.3 Å². The third-order valence-electron chi connectivity index (χ3n) is 6.07. The smallest absolute Gasteiger partial charge is 0.176 e. The maximum absolute atomic E-state index is 6.44. The van der Waals surface area contributed by atoms with Crippen LogP contribution < -0.4 is 5.32 Å². The predicted octanol–water partition coefficient (Wildman–Crippen LogP) is 6.64. The van der Waals surface area contributed by atoms with Crippen molar-refractivity contribution in [2.45, 2.75) is 56.0 Å². The van der Waals surface area contributed by atoms with Gasteiger partial charge in [-0.15, -0.1) is 5.11 Å². The zero-order valence-electron chi connectivity index (χ0n) is 15.3. The molecule has 4 nitrogen and oxygen atoms in total. The van der Waals surface area contributed by atoms with E-state index in [2.05, 4.69) is 23.5 Å². The fourth-order valence-corrected chi connectivity index (χ4v) is 4.67. The molecule has 0 amide bonds. The Balaban J connectivity index is 1.53. The molecule has 2 aromatic carbocycles. The number of amidine groups is 1. The van der Waals surface area contributed by atoms with Crippen LogP contribution in [0.15, 0.2) is 63.8 Å². The maximum atomic E-state index is 6.44. The monoisotopic (exact) mass is 378 g/mol. The molecule has 1 N–H and O–H groups in total. The average Bonchev–Trinajstić information content (AvgIpc) is 3.48. The van der Waals surface area contributed by atoms with Crippen molar-refractivity contribution < 1.29 is 0 Å². The summed E-state index contributed by atoms with van der Waals surface area (Å²) >= 11 is 6.44. The maximum Gasteiger partial charge on any atom is 0.176 e. The number of rotatable bonds is 2. The summed E-state index contributed by atoms with van der Waals surface area (Å²) in [4.78, 5) is 4.93. The molecule has 0 radical (unpaired) electrons. The van der Waals surface area contributed by atoms with Crippen molar-refractivity contribution in [3.8, 4) is 0 Å². The van der Waals surface area contributed by atoms with Gasteiger partial charge in [0, 0.05) is 10.6 Å². The van der Waals surface area contributed by atoms with Gasteiger partial charge in [-0.05, 0) is 43.9 Å². The SMILES string of the molecule is Clc1ccccc1C1(N=NC2=Nc3ccccc3NC23CCCCC3)CC1. The first-order valence-corrected chi connectivity index (χ1v) is 10.2. The number of nitrogens with one attached hydrogen (secondary N) is 1. The van der Waals surface area contributed by atoms with E-state index in [1.807, 2.05) is 30.3 Å². The summed E-state index contributed by atoms with van der Waals surface area (Å²) in [5, 5.41) is 14.1. The molecule has 0 atom stereocenters. The lowest BCUT2D eigenvalue weighted by molar-refractivity contribution is 0.400. The fourth-order valence-electron chi connectivity index (χ4n) is 4.36. The van der Waals surface area contributed by atoms with Gasteiger partial charge in [-0.3, -0.25) is 0 Å². The molecule has 2 saturated carbocycles. The molecule has 2 aromatic rings. The zero-order chi connectivity index (χ0) is 18.3. The molecule has 1 aliphatic heterocycles. The fraction of sp³-hybridized carbons (Fsp3) is 0.409. The normalized spacial score (nSPS) is 22.2. The van der Waals surface area contributed by atoms with Crippen molar-refractivity contribution in [3.05, 3.63) is 59.1 Å². The van der Waals surface area contributed by atoms with E-state index in [1.54, 1.807) is 0 Å². The second-order valence-electron chi connectivity index (χ2n) is 7.93. The van der Waals surface area contributed by atoms with Crippen LogP contribution in [0.2, 0.25) is 5.02 Å². The summed E-state index contributed by atoms with van der Waals surface area (Å²) < 4.78 is 0.